The molecule has 2 rings (SSSR count). The Hall–Kier alpha value is -3.23. The molecule has 0 saturated heterocycles. The Kier molecular flexibility index (Phi) is 6.01. The van der Waals surface area contributed by atoms with Crippen molar-refractivity contribution >= 4 is 23.4 Å². The molecule has 0 unspecified atom stereocenters. The van der Waals surface area contributed by atoms with E-state index in [0.717, 1.165) is 11.8 Å². The zero-order valence-electron chi connectivity index (χ0n) is 13.1. The Balaban J connectivity index is 2.08. The highest BCUT2D eigenvalue weighted by Gasteiger charge is 2.18. The minimum absolute atomic E-state index is 0.0429. The summed E-state index contributed by atoms with van der Waals surface area (Å²) < 4.78 is 4.77. The van der Waals surface area contributed by atoms with Crippen LogP contribution >= 0.6 is 0 Å². The zero-order chi connectivity index (χ0) is 17.4. The maximum absolute atomic E-state index is 11.4. The van der Waals surface area contributed by atoms with E-state index in [2.05, 4.69) is 20.6 Å². The second-order valence-corrected chi connectivity index (χ2v) is 4.68. The molecule has 9 heteroatoms. The molecule has 0 saturated carbocycles. The number of ether oxygens (including phenoxy) is 1. The van der Waals surface area contributed by atoms with Crippen LogP contribution < -0.4 is 10.6 Å². The van der Waals surface area contributed by atoms with Gasteiger partial charge in [0.2, 0.25) is 11.8 Å². The van der Waals surface area contributed by atoms with Gasteiger partial charge in [-0.2, -0.15) is 4.98 Å². The molecule has 2 aromatic rings. The van der Waals surface area contributed by atoms with E-state index >= 15 is 0 Å². The third kappa shape index (κ3) is 4.90. The number of hydrogen-bond donors (Lipinski definition) is 2. The lowest BCUT2D eigenvalue weighted by atomic mass is 10.2. The number of carbonyl (C=O) groups excluding carboxylic acids is 1. The van der Waals surface area contributed by atoms with Crippen LogP contribution in [0.2, 0.25) is 0 Å². The lowest BCUT2D eigenvalue weighted by Gasteiger charge is -2.09. The average molecular weight is 331 g/mol. The van der Waals surface area contributed by atoms with Crippen LogP contribution in [0.3, 0.4) is 0 Å². The number of benzene rings is 1. The number of aromatic nitrogens is 2. The minimum Gasteiger partial charge on any atom is -0.465 e. The summed E-state index contributed by atoms with van der Waals surface area (Å²) in [5.41, 5.74) is 0.699. The van der Waals surface area contributed by atoms with Crippen molar-refractivity contribution in [1.29, 1.82) is 0 Å². The minimum atomic E-state index is -0.617. The van der Waals surface area contributed by atoms with Gasteiger partial charge in [-0.15, -0.1) is 0 Å². The molecule has 0 fully saturated rings. The van der Waals surface area contributed by atoms with E-state index in [9.17, 15) is 14.9 Å². The second kappa shape index (κ2) is 8.42. The van der Waals surface area contributed by atoms with Gasteiger partial charge in [-0.05, 0) is 12.5 Å². The Morgan fingerprint density at radius 3 is 2.71 bits per heavy atom. The van der Waals surface area contributed by atoms with Crippen molar-refractivity contribution in [3.63, 3.8) is 0 Å². The van der Waals surface area contributed by atoms with Crippen LogP contribution in [-0.2, 0) is 16.1 Å². The molecule has 0 aliphatic rings. The molecule has 0 atom stereocenters. The summed E-state index contributed by atoms with van der Waals surface area (Å²) in [6.45, 7) is 2.16. The summed E-state index contributed by atoms with van der Waals surface area (Å²) >= 11 is 0. The Bertz CT molecular complexity index is 708. The normalized spacial score (nSPS) is 10.0. The van der Waals surface area contributed by atoms with Crippen molar-refractivity contribution in [3.8, 4) is 0 Å². The number of esters is 1. The van der Waals surface area contributed by atoms with Crippen molar-refractivity contribution in [1.82, 2.24) is 9.97 Å². The lowest BCUT2D eigenvalue weighted by Crippen LogP contribution is -2.18. The highest BCUT2D eigenvalue weighted by Crippen LogP contribution is 2.22. The van der Waals surface area contributed by atoms with Crippen LogP contribution in [-0.4, -0.2) is 34.0 Å². The lowest BCUT2D eigenvalue weighted by molar-refractivity contribution is -0.384. The number of nitrogens with one attached hydrogen (secondary N) is 2. The second-order valence-electron chi connectivity index (χ2n) is 4.68. The zero-order valence-corrected chi connectivity index (χ0v) is 13.1. The molecule has 2 N–H and O–H groups in total. The van der Waals surface area contributed by atoms with Crippen LogP contribution in [0.4, 0.5) is 17.5 Å². The van der Waals surface area contributed by atoms with E-state index < -0.39 is 10.9 Å². The molecule has 0 aliphatic heterocycles. The molecule has 0 radical (unpaired) electrons. The summed E-state index contributed by atoms with van der Waals surface area (Å²) in [5, 5.41) is 16.6. The van der Waals surface area contributed by atoms with E-state index in [-0.39, 0.29) is 30.6 Å². The van der Waals surface area contributed by atoms with E-state index in [4.69, 9.17) is 4.74 Å². The van der Waals surface area contributed by atoms with Gasteiger partial charge < -0.3 is 15.4 Å². The van der Waals surface area contributed by atoms with Crippen LogP contribution in [0.25, 0.3) is 0 Å². The van der Waals surface area contributed by atoms with E-state index in [1.54, 1.807) is 6.92 Å². The quantitative estimate of drug-likeness (QED) is 0.428. The predicted octanol–water partition coefficient (Wildman–Crippen LogP) is 1.97. The van der Waals surface area contributed by atoms with Crippen molar-refractivity contribution in [2.24, 2.45) is 0 Å². The fourth-order valence-electron chi connectivity index (χ4n) is 1.87. The van der Waals surface area contributed by atoms with Crippen molar-refractivity contribution < 1.29 is 14.5 Å². The molecule has 0 spiro atoms. The topological polar surface area (TPSA) is 119 Å². The molecule has 0 bridgehead atoms. The molecule has 1 heterocycles. The third-order valence-corrected chi connectivity index (χ3v) is 2.97. The van der Waals surface area contributed by atoms with E-state index in [1.165, 1.54) is 0 Å². The number of nitrogens with zero attached hydrogens (tertiary/aromatic N) is 3. The molecular formula is C15H17N5O4. The fourth-order valence-corrected chi connectivity index (χ4v) is 1.87. The first-order valence-electron chi connectivity index (χ1n) is 7.29. The standard InChI is InChI=1S/C15H17N5O4/c1-2-24-13(21)10-16-14-12(20(22)23)9-18-15(19-14)17-8-11-6-4-3-5-7-11/h3-7,9H,2,8,10H2,1H3,(H2,16,17,18,19). The summed E-state index contributed by atoms with van der Waals surface area (Å²) in [4.78, 5) is 29.8. The molecule has 1 aromatic carbocycles. The molecule has 9 nitrogen and oxygen atoms in total. The maximum Gasteiger partial charge on any atom is 0.329 e. The molecule has 0 aliphatic carbocycles. The smallest absolute Gasteiger partial charge is 0.329 e. The van der Waals surface area contributed by atoms with Gasteiger partial charge in [0.15, 0.2) is 0 Å². The van der Waals surface area contributed by atoms with Gasteiger partial charge in [-0.25, -0.2) is 4.98 Å². The van der Waals surface area contributed by atoms with Gasteiger partial charge in [-0.1, -0.05) is 30.3 Å². The Morgan fingerprint density at radius 1 is 1.29 bits per heavy atom. The summed E-state index contributed by atoms with van der Waals surface area (Å²) in [6, 6.07) is 9.57. The van der Waals surface area contributed by atoms with Crippen LogP contribution in [0.5, 0.6) is 0 Å². The van der Waals surface area contributed by atoms with E-state index in [0.29, 0.717) is 6.54 Å². The Labute approximate surface area is 138 Å². The molecular weight excluding hydrogens is 314 g/mol. The number of hydrogen-bond acceptors (Lipinski definition) is 8. The van der Waals surface area contributed by atoms with Gasteiger partial charge in [-0.3, -0.25) is 14.9 Å². The van der Waals surface area contributed by atoms with Crippen LogP contribution in [0.15, 0.2) is 36.5 Å². The monoisotopic (exact) mass is 331 g/mol. The summed E-state index contributed by atoms with van der Waals surface area (Å²) in [7, 11) is 0. The Morgan fingerprint density at radius 2 is 2.04 bits per heavy atom. The number of nitro groups is 1. The maximum atomic E-state index is 11.4. The summed E-state index contributed by atoms with van der Waals surface area (Å²) in [6.07, 6.45) is 1.09. The highest BCUT2D eigenvalue weighted by atomic mass is 16.6. The predicted molar refractivity (Wildman–Crippen MR) is 87.6 cm³/mol. The van der Waals surface area contributed by atoms with Crippen molar-refractivity contribution in [2.75, 3.05) is 23.8 Å². The molecule has 0 amide bonds. The van der Waals surface area contributed by atoms with Gasteiger partial charge in [0.05, 0.1) is 11.5 Å². The number of carbonyl (C=O) groups is 1. The van der Waals surface area contributed by atoms with Crippen molar-refractivity contribution in [2.45, 2.75) is 13.5 Å². The van der Waals surface area contributed by atoms with E-state index in [1.807, 2.05) is 30.3 Å². The largest absolute Gasteiger partial charge is 0.465 e. The highest BCUT2D eigenvalue weighted by molar-refractivity contribution is 5.75. The van der Waals surface area contributed by atoms with Crippen LogP contribution in [0, 0.1) is 10.1 Å². The first-order chi connectivity index (χ1) is 11.6. The third-order valence-electron chi connectivity index (χ3n) is 2.97. The van der Waals surface area contributed by atoms with Gasteiger partial charge in [0.1, 0.15) is 12.7 Å². The van der Waals surface area contributed by atoms with Gasteiger partial charge >= 0.3 is 11.7 Å². The van der Waals surface area contributed by atoms with Gasteiger partial charge in [0, 0.05) is 6.54 Å². The molecule has 126 valence electrons. The fraction of sp³-hybridized carbons (Fsp3) is 0.267. The van der Waals surface area contributed by atoms with Gasteiger partial charge in [0.25, 0.3) is 0 Å². The molecule has 1 aromatic heterocycles. The number of rotatable bonds is 8. The van der Waals surface area contributed by atoms with Crippen LogP contribution in [0.1, 0.15) is 12.5 Å². The number of anilines is 2. The molecule has 24 heavy (non-hydrogen) atoms. The SMILES string of the molecule is CCOC(=O)CNc1nc(NCc2ccccc2)ncc1[N+](=O)[O-]. The summed E-state index contributed by atoms with van der Waals surface area (Å²) in [5.74, 6) is -0.348. The van der Waals surface area contributed by atoms with Crippen molar-refractivity contribution in [3.05, 3.63) is 52.2 Å². The first kappa shape index (κ1) is 17.1. The average Bonchev–Trinajstić information content (AvgIpc) is 2.59. The first-order valence-corrected chi connectivity index (χ1v) is 7.29.